The van der Waals surface area contributed by atoms with E-state index in [1.54, 1.807) is 0 Å². The van der Waals surface area contributed by atoms with Gasteiger partial charge in [-0.25, -0.2) is 4.99 Å². The van der Waals surface area contributed by atoms with Gasteiger partial charge in [-0.2, -0.15) is 0 Å². The average Bonchev–Trinajstić information content (AvgIpc) is 2.81. The summed E-state index contributed by atoms with van der Waals surface area (Å²) >= 11 is 5.81. The molecule has 4 heteroatoms. The van der Waals surface area contributed by atoms with E-state index in [0.29, 0.717) is 18.5 Å². The van der Waals surface area contributed by atoms with Crippen molar-refractivity contribution in [2.45, 2.75) is 38.3 Å². The lowest BCUT2D eigenvalue weighted by Gasteiger charge is -2.12. The highest BCUT2D eigenvalue weighted by Crippen LogP contribution is 2.17. The zero-order valence-corrected chi connectivity index (χ0v) is 10.6. The minimum atomic E-state index is 0.518. The predicted octanol–water partition coefficient (Wildman–Crippen LogP) is 2.69. The van der Waals surface area contributed by atoms with Crippen molar-refractivity contribution in [2.75, 3.05) is 0 Å². The molecule has 2 rings (SSSR count). The Kier molecular flexibility index (Phi) is 4.26. The van der Waals surface area contributed by atoms with E-state index in [2.05, 4.69) is 10.3 Å². The molecular formula is C13H18ClN3. The zero-order chi connectivity index (χ0) is 12.1. The molecule has 0 spiro atoms. The zero-order valence-electron chi connectivity index (χ0n) is 9.82. The van der Waals surface area contributed by atoms with E-state index in [0.717, 1.165) is 10.6 Å². The minimum absolute atomic E-state index is 0.518. The van der Waals surface area contributed by atoms with Crippen molar-refractivity contribution in [2.24, 2.45) is 10.7 Å². The first-order valence-electron chi connectivity index (χ1n) is 6.05. The summed E-state index contributed by atoms with van der Waals surface area (Å²) in [6, 6.07) is 8.19. The van der Waals surface area contributed by atoms with Crippen LogP contribution in [-0.4, -0.2) is 12.0 Å². The second kappa shape index (κ2) is 5.92. The molecular weight excluding hydrogens is 234 g/mol. The number of benzene rings is 1. The third kappa shape index (κ3) is 3.93. The number of aliphatic imine (C=N–C) groups is 1. The summed E-state index contributed by atoms with van der Waals surface area (Å²) in [6.45, 7) is 0.600. The number of nitrogens with one attached hydrogen (secondary N) is 1. The van der Waals surface area contributed by atoms with Gasteiger partial charge in [-0.1, -0.05) is 36.6 Å². The number of hydrogen-bond acceptors (Lipinski definition) is 1. The fraction of sp³-hybridized carbons (Fsp3) is 0.462. The number of guanidine groups is 1. The number of nitrogens with two attached hydrogens (primary N) is 1. The van der Waals surface area contributed by atoms with Gasteiger partial charge in [0.2, 0.25) is 0 Å². The summed E-state index contributed by atoms with van der Waals surface area (Å²) in [5.41, 5.74) is 6.96. The Morgan fingerprint density at radius 1 is 1.29 bits per heavy atom. The topological polar surface area (TPSA) is 50.4 Å². The normalized spacial score (nSPS) is 17.4. The molecule has 0 bridgehead atoms. The Hall–Kier alpha value is -1.22. The molecule has 0 unspecified atom stereocenters. The van der Waals surface area contributed by atoms with Crippen LogP contribution in [0.1, 0.15) is 31.2 Å². The smallest absolute Gasteiger partial charge is 0.189 e. The summed E-state index contributed by atoms with van der Waals surface area (Å²) in [5, 5.41) is 4.01. The van der Waals surface area contributed by atoms with Crippen molar-refractivity contribution in [1.82, 2.24) is 5.32 Å². The quantitative estimate of drug-likeness (QED) is 0.641. The Balaban J connectivity index is 1.84. The molecule has 0 heterocycles. The molecule has 3 N–H and O–H groups in total. The van der Waals surface area contributed by atoms with Crippen molar-refractivity contribution in [1.29, 1.82) is 0 Å². The van der Waals surface area contributed by atoms with Crippen LogP contribution in [0.2, 0.25) is 5.02 Å². The molecule has 1 fully saturated rings. The third-order valence-corrected chi connectivity index (χ3v) is 3.30. The molecule has 17 heavy (non-hydrogen) atoms. The van der Waals surface area contributed by atoms with E-state index in [9.17, 15) is 0 Å². The van der Waals surface area contributed by atoms with Gasteiger partial charge in [-0.05, 0) is 30.5 Å². The SMILES string of the molecule is NC(=NCc1ccc(Cl)cc1)NC1CCCC1. The summed E-state index contributed by atoms with van der Waals surface area (Å²) in [5.74, 6) is 0.548. The molecule has 3 nitrogen and oxygen atoms in total. The fourth-order valence-electron chi connectivity index (χ4n) is 2.09. The second-order valence-electron chi connectivity index (χ2n) is 4.45. The molecule has 1 aromatic carbocycles. The van der Waals surface area contributed by atoms with Crippen LogP contribution in [0.5, 0.6) is 0 Å². The molecule has 0 aliphatic heterocycles. The summed E-state index contributed by atoms with van der Waals surface area (Å²) in [7, 11) is 0. The Morgan fingerprint density at radius 3 is 2.59 bits per heavy atom. The highest BCUT2D eigenvalue weighted by atomic mass is 35.5. The molecule has 0 saturated heterocycles. The first-order chi connectivity index (χ1) is 8.24. The second-order valence-corrected chi connectivity index (χ2v) is 4.89. The molecule has 92 valence electrons. The van der Waals surface area contributed by atoms with Crippen LogP contribution in [0.3, 0.4) is 0 Å². The number of nitrogens with zero attached hydrogens (tertiary/aromatic N) is 1. The van der Waals surface area contributed by atoms with Crippen molar-refractivity contribution in [3.8, 4) is 0 Å². The van der Waals surface area contributed by atoms with Gasteiger partial charge < -0.3 is 11.1 Å². The Labute approximate surface area is 107 Å². The van der Waals surface area contributed by atoms with Gasteiger partial charge in [0.25, 0.3) is 0 Å². The van der Waals surface area contributed by atoms with Crippen molar-refractivity contribution in [3.05, 3.63) is 34.9 Å². The maximum Gasteiger partial charge on any atom is 0.189 e. The van der Waals surface area contributed by atoms with Crippen LogP contribution in [-0.2, 0) is 6.54 Å². The largest absolute Gasteiger partial charge is 0.370 e. The van der Waals surface area contributed by atoms with Crippen LogP contribution in [0.15, 0.2) is 29.3 Å². The van der Waals surface area contributed by atoms with E-state index in [1.165, 1.54) is 25.7 Å². The summed E-state index contributed by atoms with van der Waals surface area (Å²) in [6.07, 6.45) is 5.00. The van der Waals surface area contributed by atoms with E-state index < -0.39 is 0 Å². The van der Waals surface area contributed by atoms with Crippen molar-refractivity contribution < 1.29 is 0 Å². The molecule has 1 saturated carbocycles. The molecule has 0 atom stereocenters. The lowest BCUT2D eigenvalue weighted by atomic mass is 10.2. The van der Waals surface area contributed by atoms with Gasteiger partial charge in [0.15, 0.2) is 5.96 Å². The van der Waals surface area contributed by atoms with Crippen molar-refractivity contribution >= 4 is 17.6 Å². The summed E-state index contributed by atoms with van der Waals surface area (Å²) < 4.78 is 0. The highest BCUT2D eigenvalue weighted by molar-refractivity contribution is 6.30. The van der Waals surface area contributed by atoms with E-state index in [1.807, 2.05) is 24.3 Å². The van der Waals surface area contributed by atoms with E-state index in [-0.39, 0.29) is 0 Å². The van der Waals surface area contributed by atoms with Crippen LogP contribution in [0, 0.1) is 0 Å². The van der Waals surface area contributed by atoms with Crippen molar-refractivity contribution in [3.63, 3.8) is 0 Å². The summed E-state index contributed by atoms with van der Waals surface area (Å²) in [4.78, 5) is 4.33. The van der Waals surface area contributed by atoms with Crippen LogP contribution in [0.25, 0.3) is 0 Å². The van der Waals surface area contributed by atoms with Gasteiger partial charge in [-0.3, -0.25) is 0 Å². The predicted molar refractivity (Wildman–Crippen MR) is 72.2 cm³/mol. The van der Waals surface area contributed by atoms with Gasteiger partial charge >= 0.3 is 0 Å². The molecule has 1 aliphatic carbocycles. The van der Waals surface area contributed by atoms with Gasteiger partial charge in [0.05, 0.1) is 6.54 Å². The third-order valence-electron chi connectivity index (χ3n) is 3.05. The number of rotatable bonds is 3. The Bertz CT molecular complexity index is 380. The van der Waals surface area contributed by atoms with Crippen LogP contribution >= 0.6 is 11.6 Å². The lowest BCUT2D eigenvalue weighted by molar-refractivity contribution is 0.625. The first kappa shape index (κ1) is 12.2. The highest BCUT2D eigenvalue weighted by Gasteiger charge is 2.14. The maximum absolute atomic E-state index is 5.84. The van der Waals surface area contributed by atoms with Crippen LogP contribution < -0.4 is 11.1 Å². The lowest BCUT2D eigenvalue weighted by Crippen LogP contribution is -2.38. The molecule has 0 radical (unpaired) electrons. The van der Waals surface area contributed by atoms with Gasteiger partial charge in [-0.15, -0.1) is 0 Å². The molecule has 0 aromatic heterocycles. The monoisotopic (exact) mass is 251 g/mol. The van der Waals surface area contributed by atoms with Crippen LogP contribution in [0.4, 0.5) is 0 Å². The van der Waals surface area contributed by atoms with E-state index in [4.69, 9.17) is 17.3 Å². The maximum atomic E-state index is 5.84. The van der Waals surface area contributed by atoms with Gasteiger partial charge in [0.1, 0.15) is 0 Å². The molecule has 1 aromatic rings. The molecule has 0 amide bonds. The molecule has 1 aliphatic rings. The van der Waals surface area contributed by atoms with E-state index >= 15 is 0 Å². The Morgan fingerprint density at radius 2 is 1.94 bits per heavy atom. The number of halogens is 1. The number of hydrogen-bond donors (Lipinski definition) is 2. The standard InChI is InChI=1S/C13H18ClN3/c14-11-7-5-10(6-8-11)9-16-13(15)17-12-3-1-2-4-12/h5-8,12H,1-4,9H2,(H3,15,16,17). The fourth-order valence-corrected chi connectivity index (χ4v) is 2.22. The first-order valence-corrected chi connectivity index (χ1v) is 6.43. The van der Waals surface area contributed by atoms with Gasteiger partial charge in [0, 0.05) is 11.1 Å². The minimum Gasteiger partial charge on any atom is -0.370 e. The average molecular weight is 252 g/mol.